The molecular formula is C26H15N5O2S. The van der Waals surface area contributed by atoms with Crippen molar-refractivity contribution in [2.45, 2.75) is 0 Å². The van der Waals surface area contributed by atoms with Gasteiger partial charge in [0.15, 0.2) is 0 Å². The van der Waals surface area contributed by atoms with Crippen LogP contribution in [-0.4, -0.2) is 19.5 Å². The average molecular weight is 462 g/mol. The molecule has 7 nitrogen and oxygen atoms in total. The lowest BCUT2D eigenvalue weighted by Gasteiger charge is -2.09. The minimum Gasteiger partial charge on any atom is -0.508 e. The molecule has 4 heterocycles. The van der Waals surface area contributed by atoms with Crippen LogP contribution in [0.15, 0.2) is 83.8 Å². The van der Waals surface area contributed by atoms with E-state index < -0.39 is 0 Å². The van der Waals surface area contributed by atoms with Gasteiger partial charge in [0.1, 0.15) is 33.5 Å². The summed E-state index contributed by atoms with van der Waals surface area (Å²) in [5.41, 5.74) is 3.52. The summed E-state index contributed by atoms with van der Waals surface area (Å²) in [6.07, 6.45) is 1.67. The smallest absolute Gasteiger partial charge is 0.268 e. The first-order chi connectivity index (χ1) is 16.6. The monoisotopic (exact) mass is 461 g/mol. The fraction of sp³-hybridized carbons (Fsp3) is 0. The van der Waals surface area contributed by atoms with Crippen LogP contribution in [0, 0.1) is 11.3 Å². The Balaban J connectivity index is 1.75. The molecule has 0 unspecified atom stereocenters. The number of thiophene rings is 1. The number of phenols is 1. The van der Waals surface area contributed by atoms with E-state index in [1.807, 2.05) is 36.4 Å². The van der Waals surface area contributed by atoms with Crippen molar-refractivity contribution >= 4 is 48.8 Å². The molecule has 6 aromatic rings. The number of anilines is 2. The highest BCUT2D eigenvalue weighted by molar-refractivity contribution is 7.24. The molecule has 2 N–H and O–H groups in total. The third-order valence-corrected chi connectivity index (χ3v) is 6.68. The zero-order valence-electron chi connectivity index (χ0n) is 17.6. The summed E-state index contributed by atoms with van der Waals surface area (Å²) in [6.45, 7) is 0. The summed E-state index contributed by atoms with van der Waals surface area (Å²) in [5, 5.41) is 24.1. The second-order valence-electron chi connectivity index (χ2n) is 7.66. The SMILES string of the molecule is N#Cc1c(Nc2ccccc2)sc2c1nc(-c1ccc(O)cc1)c1c(=O)n3ccccc3nc12. The van der Waals surface area contributed by atoms with E-state index in [2.05, 4.69) is 11.4 Å². The van der Waals surface area contributed by atoms with Gasteiger partial charge in [-0.15, -0.1) is 11.3 Å². The summed E-state index contributed by atoms with van der Waals surface area (Å²) in [7, 11) is 0. The number of para-hydroxylation sites is 1. The quantitative estimate of drug-likeness (QED) is 0.340. The lowest BCUT2D eigenvalue weighted by molar-refractivity contribution is 0.475. The Bertz CT molecular complexity index is 1820. The molecule has 0 saturated heterocycles. The second kappa shape index (κ2) is 7.69. The number of nitriles is 1. The van der Waals surface area contributed by atoms with Crippen molar-refractivity contribution in [2.24, 2.45) is 0 Å². The third kappa shape index (κ3) is 3.07. The van der Waals surface area contributed by atoms with Crippen molar-refractivity contribution in [3.05, 3.63) is 94.9 Å². The van der Waals surface area contributed by atoms with Crippen molar-refractivity contribution in [3.8, 4) is 23.1 Å². The first-order valence-electron chi connectivity index (χ1n) is 10.4. The molecule has 0 amide bonds. The highest BCUT2D eigenvalue weighted by Gasteiger charge is 2.22. The number of rotatable bonds is 3. The fourth-order valence-electron chi connectivity index (χ4n) is 4.00. The van der Waals surface area contributed by atoms with Gasteiger partial charge in [-0.2, -0.15) is 5.26 Å². The zero-order valence-corrected chi connectivity index (χ0v) is 18.4. The molecule has 4 aromatic heterocycles. The number of benzene rings is 2. The van der Waals surface area contributed by atoms with Gasteiger partial charge in [-0.3, -0.25) is 9.20 Å². The van der Waals surface area contributed by atoms with Crippen LogP contribution in [0.4, 0.5) is 10.7 Å². The number of aromatic hydroxyl groups is 1. The van der Waals surface area contributed by atoms with Gasteiger partial charge in [0, 0.05) is 17.4 Å². The number of aromatic nitrogens is 3. The summed E-state index contributed by atoms with van der Waals surface area (Å²) >= 11 is 1.35. The molecule has 0 saturated carbocycles. The number of phenolic OH excluding ortho intramolecular Hbond substituents is 1. The highest BCUT2D eigenvalue weighted by atomic mass is 32.1. The van der Waals surface area contributed by atoms with Gasteiger partial charge >= 0.3 is 0 Å². The maximum Gasteiger partial charge on any atom is 0.268 e. The van der Waals surface area contributed by atoms with Crippen molar-refractivity contribution in [1.82, 2.24) is 14.4 Å². The fourth-order valence-corrected chi connectivity index (χ4v) is 5.10. The molecule has 6 rings (SSSR count). The van der Waals surface area contributed by atoms with Gasteiger partial charge in [-0.1, -0.05) is 24.3 Å². The number of nitrogens with one attached hydrogen (secondary N) is 1. The van der Waals surface area contributed by atoms with Crippen LogP contribution in [0.3, 0.4) is 0 Å². The van der Waals surface area contributed by atoms with Gasteiger partial charge in [0.25, 0.3) is 5.56 Å². The van der Waals surface area contributed by atoms with Crippen LogP contribution in [0.5, 0.6) is 5.75 Å². The molecule has 0 bridgehead atoms. The molecular weight excluding hydrogens is 446 g/mol. The standard InChI is InChI=1S/C26H15N5O2S/c27-14-18-22-24(34-25(18)28-16-6-2-1-3-7-16)23-20(21(30-22)15-9-11-17(32)12-10-15)26(33)31-13-5-4-8-19(31)29-23/h1-13,28,32H. The summed E-state index contributed by atoms with van der Waals surface area (Å²) in [5.74, 6) is 0.108. The van der Waals surface area contributed by atoms with Crippen LogP contribution in [0.2, 0.25) is 0 Å². The number of nitrogens with zero attached hydrogens (tertiary/aromatic N) is 4. The van der Waals surface area contributed by atoms with E-state index in [4.69, 9.17) is 9.97 Å². The van der Waals surface area contributed by atoms with Crippen LogP contribution in [0.1, 0.15) is 5.56 Å². The van der Waals surface area contributed by atoms with Gasteiger partial charge in [0.2, 0.25) is 0 Å². The van der Waals surface area contributed by atoms with Crippen LogP contribution < -0.4 is 10.9 Å². The van der Waals surface area contributed by atoms with Crippen molar-refractivity contribution in [1.29, 1.82) is 5.26 Å². The van der Waals surface area contributed by atoms with Gasteiger partial charge in [-0.05, 0) is 48.5 Å². The van der Waals surface area contributed by atoms with E-state index in [1.54, 1.807) is 42.6 Å². The Morgan fingerprint density at radius 1 is 0.941 bits per heavy atom. The van der Waals surface area contributed by atoms with Gasteiger partial charge in [0.05, 0.1) is 21.3 Å². The topological polar surface area (TPSA) is 103 Å². The lowest BCUT2D eigenvalue weighted by Crippen LogP contribution is -2.16. The maximum atomic E-state index is 13.6. The zero-order chi connectivity index (χ0) is 23.2. The molecule has 2 aromatic carbocycles. The normalized spacial score (nSPS) is 11.1. The van der Waals surface area contributed by atoms with E-state index >= 15 is 0 Å². The van der Waals surface area contributed by atoms with Crippen molar-refractivity contribution in [2.75, 3.05) is 5.32 Å². The minimum atomic E-state index is -0.248. The lowest BCUT2D eigenvalue weighted by atomic mass is 10.1. The van der Waals surface area contributed by atoms with Gasteiger partial charge in [-0.25, -0.2) is 9.97 Å². The van der Waals surface area contributed by atoms with Crippen LogP contribution in [-0.2, 0) is 0 Å². The largest absolute Gasteiger partial charge is 0.508 e. The van der Waals surface area contributed by atoms with E-state index in [9.17, 15) is 15.2 Å². The van der Waals surface area contributed by atoms with Crippen molar-refractivity contribution in [3.63, 3.8) is 0 Å². The number of pyridine rings is 2. The number of fused-ring (bicyclic) bond motifs is 4. The average Bonchev–Trinajstić information content (AvgIpc) is 3.22. The molecule has 0 atom stereocenters. The molecule has 8 heteroatoms. The Labute approximate surface area is 196 Å². The van der Waals surface area contributed by atoms with Crippen LogP contribution in [0.25, 0.3) is 38.0 Å². The molecule has 0 spiro atoms. The highest BCUT2D eigenvalue weighted by Crippen LogP contribution is 2.41. The van der Waals surface area contributed by atoms with Crippen LogP contribution >= 0.6 is 11.3 Å². The van der Waals surface area contributed by atoms with E-state index in [0.29, 0.717) is 48.6 Å². The molecule has 0 aliphatic rings. The maximum absolute atomic E-state index is 13.6. The number of hydrogen-bond donors (Lipinski definition) is 2. The summed E-state index contributed by atoms with van der Waals surface area (Å²) in [6, 6.07) is 23.7. The Morgan fingerprint density at radius 3 is 2.47 bits per heavy atom. The molecule has 162 valence electrons. The molecule has 0 aliphatic heterocycles. The molecule has 0 radical (unpaired) electrons. The first kappa shape index (κ1) is 19.9. The predicted octanol–water partition coefficient (Wildman–Crippen LogP) is 5.45. The Morgan fingerprint density at radius 2 is 1.71 bits per heavy atom. The first-order valence-corrected chi connectivity index (χ1v) is 11.2. The number of hydrogen-bond acceptors (Lipinski definition) is 7. The van der Waals surface area contributed by atoms with Gasteiger partial charge < -0.3 is 10.4 Å². The summed E-state index contributed by atoms with van der Waals surface area (Å²) in [4.78, 5) is 23.2. The molecule has 0 aliphatic carbocycles. The van der Waals surface area contributed by atoms with E-state index in [0.717, 1.165) is 5.69 Å². The van der Waals surface area contributed by atoms with E-state index in [-0.39, 0.29) is 11.3 Å². The minimum absolute atomic E-state index is 0.108. The molecule has 34 heavy (non-hydrogen) atoms. The molecule has 0 fully saturated rings. The summed E-state index contributed by atoms with van der Waals surface area (Å²) < 4.78 is 2.15. The Kier molecular flexibility index (Phi) is 4.50. The third-order valence-electron chi connectivity index (χ3n) is 5.58. The Hall–Kier alpha value is -4.74. The van der Waals surface area contributed by atoms with E-state index in [1.165, 1.54) is 15.7 Å². The van der Waals surface area contributed by atoms with Crippen molar-refractivity contribution < 1.29 is 5.11 Å². The predicted molar refractivity (Wildman–Crippen MR) is 134 cm³/mol. The second-order valence-corrected chi connectivity index (χ2v) is 8.68.